The predicted octanol–water partition coefficient (Wildman–Crippen LogP) is 3.44. The number of nitrogens with zero attached hydrogens (tertiary/aromatic N) is 2. The maximum atomic E-state index is 12.4. The number of rotatable bonds is 6. The molecule has 0 bridgehead atoms. The van der Waals surface area contributed by atoms with E-state index in [4.69, 9.17) is 16.3 Å². The molecule has 1 N–H and O–H groups in total. The Balaban J connectivity index is 1.45. The van der Waals surface area contributed by atoms with Crippen LogP contribution in [-0.4, -0.2) is 41.4 Å². The molecule has 138 valence electrons. The number of aromatic nitrogens is 1. The minimum absolute atomic E-state index is 0.00113. The fourth-order valence-electron chi connectivity index (χ4n) is 2.88. The third kappa shape index (κ3) is 5.19. The van der Waals surface area contributed by atoms with Gasteiger partial charge in [-0.15, -0.1) is 11.3 Å². The van der Waals surface area contributed by atoms with Crippen LogP contribution in [0.4, 0.5) is 5.13 Å². The monoisotopic (exact) mass is 393 g/mol. The van der Waals surface area contributed by atoms with Gasteiger partial charge in [0.2, 0.25) is 11.8 Å². The number of hydrogen-bond acceptors (Lipinski definition) is 5. The highest BCUT2D eigenvalue weighted by Gasteiger charge is 2.28. The molecule has 0 aliphatic carbocycles. The summed E-state index contributed by atoms with van der Waals surface area (Å²) in [6, 6.07) is 7.09. The lowest BCUT2D eigenvalue weighted by Crippen LogP contribution is -2.44. The summed E-state index contributed by atoms with van der Waals surface area (Å²) >= 11 is 7.29. The van der Waals surface area contributed by atoms with Gasteiger partial charge in [-0.1, -0.05) is 17.7 Å². The summed E-state index contributed by atoms with van der Waals surface area (Å²) in [6.45, 7) is 1.40. The van der Waals surface area contributed by atoms with E-state index in [0.29, 0.717) is 29.0 Å². The van der Waals surface area contributed by atoms with Gasteiger partial charge in [0.1, 0.15) is 5.75 Å². The second kappa shape index (κ2) is 9.00. The van der Waals surface area contributed by atoms with Crippen molar-refractivity contribution in [2.45, 2.75) is 19.3 Å². The van der Waals surface area contributed by atoms with E-state index in [9.17, 15) is 9.59 Å². The molecule has 0 saturated carbocycles. The molecule has 0 radical (unpaired) electrons. The Labute approximate surface area is 161 Å². The fourth-order valence-corrected chi connectivity index (χ4v) is 3.59. The van der Waals surface area contributed by atoms with Gasteiger partial charge in [-0.2, -0.15) is 0 Å². The first-order chi connectivity index (χ1) is 12.6. The number of amides is 2. The van der Waals surface area contributed by atoms with Gasteiger partial charge in [0, 0.05) is 29.7 Å². The largest absolute Gasteiger partial charge is 0.493 e. The Hall–Kier alpha value is -2.12. The zero-order valence-electron chi connectivity index (χ0n) is 14.2. The molecule has 1 aliphatic rings. The molecule has 2 amide bonds. The zero-order valence-corrected chi connectivity index (χ0v) is 15.8. The van der Waals surface area contributed by atoms with Crippen LogP contribution >= 0.6 is 22.9 Å². The number of anilines is 1. The highest BCUT2D eigenvalue weighted by molar-refractivity contribution is 7.13. The van der Waals surface area contributed by atoms with Gasteiger partial charge in [-0.25, -0.2) is 4.98 Å². The van der Waals surface area contributed by atoms with E-state index in [1.54, 1.807) is 35.4 Å². The first-order valence-corrected chi connectivity index (χ1v) is 9.74. The highest BCUT2D eigenvalue weighted by Crippen LogP contribution is 2.21. The minimum Gasteiger partial charge on any atom is -0.493 e. The first kappa shape index (κ1) is 18.7. The van der Waals surface area contributed by atoms with Gasteiger partial charge in [0.05, 0.1) is 18.9 Å². The minimum atomic E-state index is -0.203. The van der Waals surface area contributed by atoms with E-state index in [2.05, 4.69) is 10.3 Å². The van der Waals surface area contributed by atoms with Crippen LogP contribution in [0, 0.1) is 5.92 Å². The van der Waals surface area contributed by atoms with Crippen LogP contribution < -0.4 is 10.1 Å². The van der Waals surface area contributed by atoms with Crippen molar-refractivity contribution in [1.82, 2.24) is 9.88 Å². The average molecular weight is 394 g/mol. The summed E-state index contributed by atoms with van der Waals surface area (Å²) in [5, 5.41) is 5.81. The Bertz CT molecular complexity index is 754. The van der Waals surface area contributed by atoms with Gasteiger partial charge in [0.15, 0.2) is 5.13 Å². The molecule has 26 heavy (non-hydrogen) atoms. The van der Waals surface area contributed by atoms with E-state index in [1.807, 2.05) is 5.38 Å². The molecule has 6 nitrogen and oxygen atoms in total. The van der Waals surface area contributed by atoms with E-state index in [1.165, 1.54) is 11.3 Å². The van der Waals surface area contributed by atoms with Gasteiger partial charge in [-0.3, -0.25) is 9.59 Å². The quantitative estimate of drug-likeness (QED) is 0.816. The number of halogens is 1. The second-order valence-corrected chi connectivity index (χ2v) is 7.39. The van der Waals surface area contributed by atoms with Crippen molar-refractivity contribution in [3.05, 3.63) is 40.9 Å². The topological polar surface area (TPSA) is 71.5 Å². The highest BCUT2D eigenvalue weighted by atomic mass is 35.5. The number of ether oxygens (including phenoxy) is 1. The molecule has 3 rings (SSSR count). The summed E-state index contributed by atoms with van der Waals surface area (Å²) in [4.78, 5) is 30.6. The summed E-state index contributed by atoms with van der Waals surface area (Å²) < 4.78 is 5.57. The van der Waals surface area contributed by atoms with Crippen molar-refractivity contribution in [2.75, 3.05) is 25.0 Å². The Kier molecular flexibility index (Phi) is 6.46. The van der Waals surface area contributed by atoms with Gasteiger partial charge < -0.3 is 15.0 Å². The van der Waals surface area contributed by atoms with Crippen molar-refractivity contribution < 1.29 is 14.3 Å². The standard InChI is InChI=1S/C18H20ClN3O3S/c19-14-4-1-5-15(11-14)25-9-6-16(23)22-8-2-3-13(12-22)17(24)21-18-20-7-10-26-18/h1,4-5,7,10-11,13H,2-3,6,8-9,12H2,(H,20,21,24). The van der Waals surface area contributed by atoms with Gasteiger partial charge in [0.25, 0.3) is 0 Å². The number of thiazole rings is 1. The molecule has 1 aromatic carbocycles. The fraction of sp³-hybridized carbons (Fsp3) is 0.389. The third-order valence-corrected chi connectivity index (χ3v) is 5.11. The number of hydrogen-bond donors (Lipinski definition) is 1. The van der Waals surface area contributed by atoms with Crippen LogP contribution in [0.5, 0.6) is 5.75 Å². The van der Waals surface area contributed by atoms with Crippen molar-refractivity contribution >= 4 is 39.9 Å². The Morgan fingerprint density at radius 1 is 1.42 bits per heavy atom. The van der Waals surface area contributed by atoms with Crippen LogP contribution in [0.2, 0.25) is 5.02 Å². The lowest BCUT2D eigenvalue weighted by Gasteiger charge is -2.32. The third-order valence-electron chi connectivity index (χ3n) is 4.19. The van der Waals surface area contributed by atoms with Gasteiger partial charge in [-0.05, 0) is 31.0 Å². The van der Waals surface area contributed by atoms with E-state index in [-0.39, 0.29) is 30.8 Å². The lowest BCUT2D eigenvalue weighted by atomic mass is 9.97. The molecule has 2 heterocycles. The zero-order chi connectivity index (χ0) is 18.4. The van der Waals surface area contributed by atoms with Crippen molar-refractivity contribution in [3.8, 4) is 5.75 Å². The number of likely N-dealkylation sites (tertiary alicyclic amines) is 1. The number of nitrogens with one attached hydrogen (secondary N) is 1. The molecule has 1 aliphatic heterocycles. The molecule has 0 spiro atoms. The number of benzene rings is 1. The molecular weight excluding hydrogens is 374 g/mol. The van der Waals surface area contributed by atoms with E-state index < -0.39 is 0 Å². The van der Waals surface area contributed by atoms with Crippen LogP contribution in [0.25, 0.3) is 0 Å². The van der Waals surface area contributed by atoms with Crippen molar-refractivity contribution in [2.24, 2.45) is 5.92 Å². The van der Waals surface area contributed by atoms with E-state index in [0.717, 1.165) is 12.8 Å². The van der Waals surface area contributed by atoms with Gasteiger partial charge >= 0.3 is 0 Å². The summed E-state index contributed by atoms with van der Waals surface area (Å²) in [5.74, 6) is 0.362. The maximum absolute atomic E-state index is 12.4. The summed E-state index contributed by atoms with van der Waals surface area (Å²) in [6.07, 6.45) is 3.51. The molecular formula is C18H20ClN3O3S. The first-order valence-electron chi connectivity index (χ1n) is 8.48. The summed E-state index contributed by atoms with van der Waals surface area (Å²) in [7, 11) is 0. The molecule has 8 heteroatoms. The summed E-state index contributed by atoms with van der Waals surface area (Å²) in [5.41, 5.74) is 0. The Morgan fingerprint density at radius 2 is 2.31 bits per heavy atom. The normalized spacial score (nSPS) is 17.0. The molecule has 1 atom stereocenters. The lowest BCUT2D eigenvalue weighted by molar-refractivity contribution is -0.135. The molecule has 1 unspecified atom stereocenters. The number of carbonyl (C=O) groups is 2. The number of piperidine rings is 1. The van der Waals surface area contributed by atoms with Crippen molar-refractivity contribution in [3.63, 3.8) is 0 Å². The van der Waals surface area contributed by atoms with Crippen LogP contribution in [-0.2, 0) is 9.59 Å². The second-order valence-electron chi connectivity index (χ2n) is 6.06. The number of carbonyl (C=O) groups excluding carboxylic acids is 2. The smallest absolute Gasteiger partial charge is 0.231 e. The predicted molar refractivity (Wildman–Crippen MR) is 102 cm³/mol. The Morgan fingerprint density at radius 3 is 3.08 bits per heavy atom. The molecule has 1 saturated heterocycles. The molecule has 1 fully saturated rings. The van der Waals surface area contributed by atoms with Crippen molar-refractivity contribution in [1.29, 1.82) is 0 Å². The SMILES string of the molecule is O=C(Nc1nccs1)C1CCCN(C(=O)CCOc2cccc(Cl)c2)C1. The van der Waals surface area contributed by atoms with E-state index >= 15 is 0 Å². The van der Waals surface area contributed by atoms with Crippen LogP contribution in [0.15, 0.2) is 35.8 Å². The average Bonchev–Trinajstić information content (AvgIpc) is 3.15. The van der Waals surface area contributed by atoms with Crippen LogP contribution in [0.3, 0.4) is 0 Å². The molecule has 1 aromatic heterocycles. The molecule has 2 aromatic rings. The van der Waals surface area contributed by atoms with Crippen LogP contribution in [0.1, 0.15) is 19.3 Å². The maximum Gasteiger partial charge on any atom is 0.231 e.